The third-order valence-corrected chi connectivity index (χ3v) is 2.80. The fourth-order valence-corrected chi connectivity index (χ4v) is 1.69. The van der Waals surface area contributed by atoms with E-state index in [2.05, 4.69) is 10.3 Å². The summed E-state index contributed by atoms with van der Waals surface area (Å²) in [6.07, 6.45) is 4.49. The Morgan fingerprint density at radius 1 is 1.53 bits per heavy atom. The van der Waals surface area contributed by atoms with Crippen LogP contribution in [0.3, 0.4) is 0 Å². The second kappa shape index (κ2) is 4.59. The van der Waals surface area contributed by atoms with Gasteiger partial charge in [0.1, 0.15) is 5.60 Å². The summed E-state index contributed by atoms with van der Waals surface area (Å²) in [5, 5.41) is 3.33. The van der Waals surface area contributed by atoms with Crippen molar-refractivity contribution in [2.75, 3.05) is 32.2 Å². The van der Waals surface area contributed by atoms with Crippen LogP contribution in [-0.2, 0) is 9.47 Å². The third-order valence-electron chi connectivity index (χ3n) is 2.80. The van der Waals surface area contributed by atoms with E-state index < -0.39 is 0 Å². The molecule has 2 heterocycles. The maximum absolute atomic E-state index is 5.52. The highest BCUT2D eigenvalue weighted by Gasteiger charge is 2.34. The molecule has 0 aliphatic carbocycles. The summed E-state index contributed by atoms with van der Waals surface area (Å²) in [5.74, 6) is 0. The zero-order valence-corrected chi connectivity index (χ0v) is 8.90. The molecule has 1 unspecified atom stereocenters. The van der Waals surface area contributed by atoms with Gasteiger partial charge < -0.3 is 14.8 Å². The van der Waals surface area contributed by atoms with Crippen molar-refractivity contribution in [1.29, 1.82) is 0 Å². The third kappa shape index (κ3) is 2.46. The molecule has 0 aromatic carbocycles. The van der Waals surface area contributed by atoms with Gasteiger partial charge in [-0.15, -0.1) is 0 Å². The summed E-state index contributed by atoms with van der Waals surface area (Å²) in [4.78, 5) is 3.97. The summed E-state index contributed by atoms with van der Waals surface area (Å²) >= 11 is 0. The molecule has 1 aromatic rings. The van der Waals surface area contributed by atoms with Gasteiger partial charge in [0.25, 0.3) is 0 Å². The molecule has 1 aliphatic heterocycles. The standard InChI is InChI=1S/C11H16N2O2/c1-14-11(4-7-15-9-11)8-13-10-2-5-12-6-3-10/h2-3,5-6H,4,7-9H2,1H3,(H,12,13). The van der Waals surface area contributed by atoms with E-state index in [1.165, 1.54) is 0 Å². The van der Waals surface area contributed by atoms with Gasteiger partial charge in [-0.3, -0.25) is 4.98 Å². The molecule has 1 fully saturated rings. The second-order valence-electron chi connectivity index (χ2n) is 3.78. The number of ether oxygens (including phenoxy) is 2. The van der Waals surface area contributed by atoms with Crippen molar-refractivity contribution in [1.82, 2.24) is 4.98 Å². The average Bonchev–Trinajstić information content (AvgIpc) is 2.77. The molecule has 1 N–H and O–H groups in total. The van der Waals surface area contributed by atoms with Crippen LogP contribution in [0.5, 0.6) is 0 Å². The number of anilines is 1. The van der Waals surface area contributed by atoms with Crippen molar-refractivity contribution in [3.8, 4) is 0 Å². The normalized spacial score (nSPS) is 25.4. The number of nitrogens with one attached hydrogen (secondary N) is 1. The van der Waals surface area contributed by atoms with Crippen LogP contribution in [-0.4, -0.2) is 37.5 Å². The Kier molecular flexibility index (Phi) is 3.18. The molecule has 2 rings (SSSR count). The van der Waals surface area contributed by atoms with Crippen LogP contribution in [0.25, 0.3) is 0 Å². The van der Waals surface area contributed by atoms with Crippen molar-refractivity contribution in [2.45, 2.75) is 12.0 Å². The summed E-state index contributed by atoms with van der Waals surface area (Å²) in [7, 11) is 1.74. The van der Waals surface area contributed by atoms with Crippen molar-refractivity contribution in [3.05, 3.63) is 24.5 Å². The number of pyridine rings is 1. The number of nitrogens with zero attached hydrogens (tertiary/aromatic N) is 1. The molecule has 1 atom stereocenters. The number of hydrogen-bond donors (Lipinski definition) is 1. The first-order valence-electron chi connectivity index (χ1n) is 5.11. The topological polar surface area (TPSA) is 43.4 Å². The zero-order valence-electron chi connectivity index (χ0n) is 8.90. The van der Waals surface area contributed by atoms with E-state index in [1.54, 1.807) is 19.5 Å². The van der Waals surface area contributed by atoms with Crippen LogP contribution in [0.1, 0.15) is 6.42 Å². The molecule has 15 heavy (non-hydrogen) atoms. The number of rotatable bonds is 4. The van der Waals surface area contributed by atoms with Crippen molar-refractivity contribution >= 4 is 5.69 Å². The molecule has 1 aromatic heterocycles. The number of aromatic nitrogens is 1. The van der Waals surface area contributed by atoms with Gasteiger partial charge >= 0.3 is 0 Å². The van der Waals surface area contributed by atoms with Gasteiger partial charge in [-0.05, 0) is 12.1 Å². The van der Waals surface area contributed by atoms with Gasteiger partial charge in [0, 0.05) is 44.8 Å². The van der Waals surface area contributed by atoms with Crippen LogP contribution in [0.2, 0.25) is 0 Å². The summed E-state index contributed by atoms with van der Waals surface area (Å²) in [6, 6.07) is 3.89. The molecule has 1 saturated heterocycles. The largest absolute Gasteiger partial charge is 0.382 e. The van der Waals surface area contributed by atoms with Crippen molar-refractivity contribution in [2.24, 2.45) is 0 Å². The quantitative estimate of drug-likeness (QED) is 0.810. The van der Waals surface area contributed by atoms with Gasteiger partial charge in [-0.25, -0.2) is 0 Å². The minimum absolute atomic E-state index is 0.163. The van der Waals surface area contributed by atoms with Crippen molar-refractivity contribution < 1.29 is 9.47 Å². The van der Waals surface area contributed by atoms with E-state index in [9.17, 15) is 0 Å². The molecular weight excluding hydrogens is 192 g/mol. The first-order valence-corrected chi connectivity index (χ1v) is 5.11. The first-order chi connectivity index (χ1) is 7.35. The Bertz CT molecular complexity index is 297. The molecule has 0 radical (unpaired) electrons. The SMILES string of the molecule is COC1(CNc2ccncc2)CCOC1. The Labute approximate surface area is 89.6 Å². The summed E-state index contributed by atoms with van der Waals surface area (Å²) in [6.45, 7) is 2.22. The van der Waals surface area contributed by atoms with Gasteiger partial charge in [-0.1, -0.05) is 0 Å². The van der Waals surface area contributed by atoms with Crippen molar-refractivity contribution in [3.63, 3.8) is 0 Å². The Morgan fingerprint density at radius 3 is 2.93 bits per heavy atom. The molecule has 4 nitrogen and oxygen atoms in total. The van der Waals surface area contributed by atoms with Crippen LogP contribution >= 0.6 is 0 Å². The fraction of sp³-hybridized carbons (Fsp3) is 0.545. The van der Waals surface area contributed by atoms with Crippen LogP contribution in [0.4, 0.5) is 5.69 Å². The van der Waals surface area contributed by atoms with E-state index in [0.717, 1.165) is 25.3 Å². The highest BCUT2D eigenvalue weighted by atomic mass is 16.5. The lowest BCUT2D eigenvalue weighted by Crippen LogP contribution is -2.39. The predicted octanol–water partition coefficient (Wildman–Crippen LogP) is 1.30. The fourth-order valence-electron chi connectivity index (χ4n) is 1.69. The number of hydrogen-bond acceptors (Lipinski definition) is 4. The Hall–Kier alpha value is -1.13. The van der Waals surface area contributed by atoms with E-state index >= 15 is 0 Å². The predicted molar refractivity (Wildman–Crippen MR) is 57.9 cm³/mol. The van der Waals surface area contributed by atoms with Gasteiger partial charge in [0.2, 0.25) is 0 Å². The molecule has 1 aliphatic rings. The molecular formula is C11H16N2O2. The lowest BCUT2D eigenvalue weighted by molar-refractivity contribution is -0.00619. The van der Waals surface area contributed by atoms with Gasteiger partial charge in [-0.2, -0.15) is 0 Å². The maximum Gasteiger partial charge on any atom is 0.110 e. The van der Waals surface area contributed by atoms with E-state index in [4.69, 9.17) is 9.47 Å². The average molecular weight is 208 g/mol. The lowest BCUT2D eigenvalue weighted by Gasteiger charge is -2.26. The monoisotopic (exact) mass is 208 g/mol. The molecule has 4 heteroatoms. The first kappa shape index (κ1) is 10.4. The molecule has 0 spiro atoms. The summed E-state index contributed by atoms with van der Waals surface area (Å²) < 4.78 is 10.9. The zero-order chi connectivity index (χ0) is 10.6. The Morgan fingerprint density at radius 2 is 2.33 bits per heavy atom. The Balaban J connectivity index is 1.92. The minimum atomic E-state index is -0.163. The number of methoxy groups -OCH3 is 1. The van der Waals surface area contributed by atoms with Crippen LogP contribution in [0, 0.1) is 0 Å². The molecule has 0 amide bonds. The minimum Gasteiger partial charge on any atom is -0.382 e. The smallest absolute Gasteiger partial charge is 0.110 e. The summed E-state index contributed by atoms with van der Waals surface area (Å²) in [5.41, 5.74) is 0.900. The molecule has 82 valence electrons. The maximum atomic E-state index is 5.52. The van der Waals surface area contributed by atoms with Crippen LogP contribution in [0.15, 0.2) is 24.5 Å². The van der Waals surface area contributed by atoms with Gasteiger partial charge in [0.15, 0.2) is 0 Å². The van der Waals surface area contributed by atoms with E-state index in [0.29, 0.717) is 6.61 Å². The van der Waals surface area contributed by atoms with Gasteiger partial charge in [0.05, 0.1) is 6.61 Å². The van der Waals surface area contributed by atoms with E-state index in [1.807, 2.05) is 12.1 Å². The lowest BCUT2D eigenvalue weighted by atomic mass is 10.0. The molecule has 0 saturated carbocycles. The van der Waals surface area contributed by atoms with E-state index in [-0.39, 0.29) is 5.60 Å². The second-order valence-corrected chi connectivity index (χ2v) is 3.78. The highest BCUT2D eigenvalue weighted by Crippen LogP contribution is 2.22. The molecule has 0 bridgehead atoms. The van der Waals surface area contributed by atoms with Crippen LogP contribution < -0.4 is 5.32 Å². The highest BCUT2D eigenvalue weighted by molar-refractivity contribution is 5.41.